The molecule has 758 valence electrons. The van der Waals surface area contributed by atoms with Crippen molar-refractivity contribution in [1.82, 2.24) is 41.0 Å². The molecule has 0 radical (unpaired) electrons. The van der Waals surface area contributed by atoms with Crippen LogP contribution in [0.2, 0.25) is 0 Å². The first-order chi connectivity index (χ1) is 67.7. The number of alkyl halides is 3. The molecule has 2 aromatic heterocycles. The number of thiocarbonyl (C=S) groups is 2. The molecule has 5 aliphatic rings. The van der Waals surface area contributed by atoms with Crippen molar-refractivity contribution in [2.24, 2.45) is 22.7 Å². The number of nitriles is 2. The Labute approximate surface area is 844 Å². The molecule has 0 bridgehead atoms. The molecule has 5 saturated heterocycles. The van der Waals surface area contributed by atoms with Gasteiger partial charge >= 0.3 is 6.18 Å². The summed E-state index contributed by atoms with van der Waals surface area (Å²) in [7, 11) is 1.44. The first kappa shape index (κ1) is 109. The van der Waals surface area contributed by atoms with Crippen molar-refractivity contribution in [1.29, 1.82) is 10.5 Å². The fourth-order valence-electron chi connectivity index (χ4n) is 17.7. The monoisotopic (exact) mass is 2030 g/mol. The second-order valence-corrected chi connectivity index (χ2v) is 41.0. The Morgan fingerprint density at radius 1 is 0.542 bits per heavy atom. The van der Waals surface area contributed by atoms with Crippen molar-refractivity contribution in [2.45, 2.75) is 202 Å². The molecule has 5 aliphatic heterocycles. The number of likely N-dealkylation sites (tertiary alicyclic amines) is 2. The lowest BCUT2D eigenvalue weighted by Gasteiger charge is -2.38. The molecule has 0 aliphatic carbocycles. The van der Waals surface area contributed by atoms with E-state index in [1.165, 1.54) is 30.2 Å². The number of aromatic nitrogens is 2. The Hall–Kier alpha value is -12.0. The maximum Gasteiger partial charge on any atom is 0.417 e. The number of carbonyl (C=O) groups excluding carboxylic acids is 8. The molecule has 30 nitrogen and oxygen atoms in total. The van der Waals surface area contributed by atoms with Crippen molar-refractivity contribution < 1.29 is 93.8 Å². The van der Waals surface area contributed by atoms with E-state index in [0.29, 0.717) is 138 Å². The number of thiazole rings is 2. The summed E-state index contributed by atoms with van der Waals surface area (Å²) >= 11 is 14.7. The van der Waals surface area contributed by atoms with Gasteiger partial charge in [-0.15, -0.1) is 22.7 Å². The quantitative estimate of drug-likeness (QED) is 0.0157. The van der Waals surface area contributed by atoms with Gasteiger partial charge in [-0.05, 0) is 215 Å². The lowest BCUT2D eigenvalue weighted by molar-refractivity contribution is -0.144. The van der Waals surface area contributed by atoms with E-state index in [0.717, 1.165) is 66.8 Å². The highest BCUT2D eigenvalue weighted by molar-refractivity contribution is 7.81. The van der Waals surface area contributed by atoms with Crippen molar-refractivity contribution in [2.75, 3.05) is 119 Å². The normalized spacial score (nSPS) is 17.7. The van der Waals surface area contributed by atoms with Gasteiger partial charge in [-0.2, -0.15) is 23.7 Å². The van der Waals surface area contributed by atoms with Crippen LogP contribution in [0.1, 0.15) is 173 Å². The Balaban J connectivity index is 0.000000254. The van der Waals surface area contributed by atoms with E-state index in [2.05, 4.69) is 37.3 Å². The van der Waals surface area contributed by atoms with Gasteiger partial charge in [0.25, 0.3) is 11.8 Å². The molecule has 142 heavy (non-hydrogen) atoms. The van der Waals surface area contributed by atoms with Gasteiger partial charge in [-0.25, -0.2) is 14.4 Å². The third-order valence-corrected chi connectivity index (χ3v) is 28.0. The van der Waals surface area contributed by atoms with Crippen LogP contribution in [0.15, 0.2) is 138 Å². The topological polar surface area (TPSA) is 351 Å². The van der Waals surface area contributed by atoms with E-state index in [9.17, 15) is 62.1 Å². The predicted octanol–water partition coefficient (Wildman–Crippen LogP) is 16.1. The fraction of sp³-hybridized carbons (Fsp3) is 0.481. The second kappa shape index (κ2) is 48.9. The Morgan fingerprint density at radius 2 is 0.979 bits per heavy atom. The minimum atomic E-state index is -4.81. The van der Waals surface area contributed by atoms with Crippen molar-refractivity contribution in [3.63, 3.8) is 0 Å². The minimum absolute atomic E-state index is 0.0245. The van der Waals surface area contributed by atoms with E-state index in [4.69, 9.17) is 62.3 Å². The molecular formula is C104H124F4N14O16S4. The van der Waals surface area contributed by atoms with Crippen LogP contribution >= 0.6 is 47.1 Å². The minimum Gasteiger partial charge on any atom is -0.495 e. The van der Waals surface area contributed by atoms with Gasteiger partial charge in [-0.3, -0.25) is 48.2 Å². The van der Waals surface area contributed by atoms with Gasteiger partial charge in [0, 0.05) is 115 Å². The summed E-state index contributed by atoms with van der Waals surface area (Å²) in [5, 5.41) is 30.7. The number of amides is 8. The Kier molecular flexibility index (Phi) is 37.5. The molecule has 1 spiro atoms. The first-order valence-electron chi connectivity index (χ1n) is 47.5. The maximum atomic E-state index is 15.4. The number of rotatable bonds is 41. The van der Waals surface area contributed by atoms with Gasteiger partial charge in [0.05, 0.1) is 86.6 Å². The highest BCUT2D eigenvalue weighted by Gasteiger charge is 2.58. The van der Waals surface area contributed by atoms with Crippen LogP contribution in [0.3, 0.4) is 0 Å². The number of methoxy groups -OCH3 is 1. The number of ether oxygens (including phenoxy) is 8. The number of carbonyl (C=O) groups is 8. The summed E-state index contributed by atoms with van der Waals surface area (Å²) in [6.07, 6.45) is 0.577. The summed E-state index contributed by atoms with van der Waals surface area (Å²) in [6.45, 7) is 27.2. The fourth-order valence-corrected chi connectivity index (χ4v) is 20.3. The Bertz CT molecular complexity index is 5890. The molecule has 0 unspecified atom stereocenters. The summed E-state index contributed by atoms with van der Waals surface area (Å²) in [5.74, 6) is -2.12. The average Bonchev–Trinajstić information content (AvgIpc) is 1.56. The van der Waals surface area contributed by atoms with Crippen molar-refractivity contribution in [3.8, 4) is 50.3 Å². The number of nitrogens with zero attached hydrogens (tertiary/aromatic N) is 10. The molecular weight excluding hydrogens is 1910 g/mol. The number of hydrogen-bond donors (Lipinski definition) is 4. The smallest absolute Gasteiger partial charge is 0.417 e. The first-order valence-corrected chi connectivity index (χ1v) is 50.1. The molecule has 5 fully saturated rings. The highest BCUT2D eigenvalue weighted by atomic mass is 32.1. The summed E-state index contributed by atoms with van der Waals surface area (Å²) < 4.78 is 102. The SMILES string of the molecule is COc1cc(N2C(=O)C(C)(C)N(c3ccc(OCCCCOCCCOCC(=O)N[C@H](C(=O)N4C[C@H](C)C[C@H]4C(=O)NCc4ccc(-c5scnc5C)cc4)C(C)(C)C)c(F)c3)C2=S)ccc1C#N.Cc1ncsc1-c1ccc(CNC(=O)[C@@H]2C[C@@H](C)CN2C(=O)[C@@H](NC(=O)COCCCOCCCCOc2ccc(N3C(=S)N(c4ccc(C#N)c(C(F)(F)F)c4)C(=O)C34CCOCC4)cc2)C(C)(C)C)cc1. The van der Waals surface area contributed by atoms with E-state index in [1.54, 1.807) is 111 Å². The Morgan fingerprint density at radius 3 is 1.44 bits per heavy atom. The van der Waals surface area contributed by atoms with E-state index < -0.39 is 86.9 Å². The van der Waals surface area contributed by atoms with E-state index in [1.807, 2.05) is 129 Å². The molecule has 8 amide bonds. The van der Waals surface area contributed by atoms with E-state index >= 15 is 4.39 Å². The number of halogens is 4. The van der Waals surface area contributed by atoms with Crippen molar-refractivity contribution in [3.05, 3.63) is 183 Å². The molecule has 8 aromatic rings. The van der Waals surface area contributed by atoms with Crippen LogP contribution in [0, 0.1) is 65.0 Å². The lowest BCUT2D eigenvalue weighted by atomic mass is 9.85. The number of anilines is 4. The standard InChI is InChI=1S/C53H62F3N7O8S2.C51H62FN7O8S2/c1-34-27-43(47(65)58-30-36-9-11-37(12-10-36)45-35(2)59-33-73-45)61(31-34)48(66)46(51(3,4)5)60-44(64)32-70-23-8-22-68-21-6-7-24-71-41-17-15-39(16-18-41)63-50(72)62(49(67)52(63)19-25-69-26-20-52)40-14-13-38(29-57)42(28-40)53(54,55)56;1-32-24-40(46(61)54-28-34-12-14-35(15-13-34)44-33(2)55-31-69-44)57(29-32)47(62)45(50(3,4)5)56-43(60)30-66-22-11-21-65-20-9-10-23-67-41-19-18-38(25-39(41)52)59-49(68)58(48(63)51(59,6)7)37-17-16-36(27-53)42(26-37)64-8/h9-18,28,33-34,43,46H,6-8,19-27,30-32H2,1-5H3,(H,58,65)(H,60,64);12-19,25-26,31-32,40,45H,9-11,20-24,28-30H2,1-8H3,(H,54,61)(H,56,60)/t34-,43+,46-;32-,40+,45-/m11/s1. The zero-order chi connectivity index (χ0) is 103. The van der Waals surface area contributed by atoms with Gasteiger partial charge < -0.3 is 78.8 Å². The molecule has 6 aromatic carbocycles. The molecule has 7 heterocycles. The number of aryl methyl sites for hydroxylation is 2. The van der Waals surface area contributed by atoms with Gasteiger partial charge in [0.2, 0.25) is 35.4 Å². The van der Waals surface area contributed by atoms with Crippen LogP contribution in [0.25, 0.3) is 20.9 Å². The van der Waals surface area contributed by atoms with Crippen LogP contribution in [0.5, 0.6) is 17.2 Å². The maximum absolute atomic E-state index is 15.4. The molecule has 38 heteroatoms. The molecule has 6 atom stereocenters. The third kappa shape index (κ3) is 26.9. The zero-order valence-corrected chi connectivity index (χ0v) is 85.5. The number of benzene rings is 6. The summed E-state index contributed by atoms with van der Waals surface area (Å²) in [5.41, 5.74) is 5.98. The zero-order valence-electron chi connectivity index (χ0n) is 82.3. The van der Waals surface area contributed by atoms with Crippen LogP contribution in [0.4, 0.5) is 40.3 Å². The largest absolute Gasteiger partial charge is 0.495 e. The third-order valence-electron chi connectivity index (χ3n) is 25.3. The average molecular weight is 2030 g/mol. The van der Waals surface area contributed by atoms with Gasteiger partial charge in [0.1, 0.15) is 66.0 Å². The van der Waals surface area contributed by atoms with Crippen LogP contribution < -0.4 is 55.1 Å². The van der Waals surface area contributed by atoms with Crippen molar-refractivity contribution >= 4 is 127 Å². The van der Waals surface area contributed by atoms with Crippen LogP contribution in [-0.2, 0) is 81.3 Å². The summed E-state index contributed by atoms with van der Waals surface area (Å²) in [4.78, 5) is 129. The van der Waals surface area contributed by atoms with E-state index in [-0.39, 0.29) is 122 Å². The molecule has 13 rings (SSSR count). The number of nitrogens with one attached hydrogen (secondary N) is 4. The predicted molar refractivity (Wildman–Crippen MR) is 540 cm³/mol. The summed E-state index contributed by atoms with van der Waals surface area (Å²) in [6, 6.07) is 35.9. The molecule has 4 N–H and O–H groups in total. The number of hydrogen-bond acceptors (Lipinski definition) is 24. The molecule has 0 saturated carbocycles. The highest BCUT2D eigenvalue weighted by Crippen LogP contribution is 2.46. The second-order valence-electron chi connectivity index (χ2n) is 38.6. The number of unbranched alkanes of at least 4 members (excludes halogenated alkanes) is 2. The van der Waals surface area contributed by atoms with Gasteiger partial charge in [0.15, 0.2) is 21.8 Å². The van der Waals surface area contributed by atoms with Crippen LogP contribution in [-0.4, -0.2) is 212 Å². The van der Waals surface area contributed by atoms with Gasteiger partial charge in [-0.1, -0.05) is 104 Å². The lowest BCUT2D eigenvalue weighted by Crippen LogP contribution is -2.58.